The molecule has 1 fully saturated rings. The van der Waals surface area contributed by atoms with Crippen molar-refractivity contribution in [2.45, 2.75) is 31.7 Å². The second-order valence-corrected chi connectivity index (χ2v) is 9.11. The van der Waals surface area contributed by atoms with Gasteiger partial charge in [-0.2, -0.15) is 5.10 Å². The van der Waals surface area contributed by atoms with Crippen LogP contribution in [-0.4, -0.2) is 30.2 Å². The Kier molecular flexibility index (Phi) is 4.72. The average molecular weight is 451 g/mol. The van der Waals surface area contributed by atoms with Gasteiger partial charge < -0.3 is 9.88 Å². The highest BCUT2D eigenvalue weighted by atomic mass is 16.1. The first-order valence-electron chi connectivity index (χ1n) is 11.6. The summed E-state index contributed by atoms with van der Waals surface area (Å²) in [6.07, 6.45) is 2.23. The van der Waals surface area contributed by atoms with Gasteiger partial charge >= 0.3 is 0 Å². The number of imidazole rings is 1. The third kappa shape index (κ3) is 3.36. The van der Waals surface area contributed by atoms with E-state index in [-0.39, 0.29) is 5.91 Å². The number of para-hydroxylation sites is 2. The van der Waals surface area contributed by atoms with Gasteiger partial charge in [0.05, 0.1) is 27.7 Å². The van der Waals surface area contributed by atoms with E-state index in [0.29, 0.717) is 11.5 Å². The Balaban J connectivity index is 1.48. The molecule has 1 N–H and O–H groups in total. The van der Waals surface area contributed by atoms with E-state index < -0.39 is 6.04 Å². The minimum atomic E-state index is -0.407. The van der Waals surface area contributed by atoms with Crippen molar-refractivity contribution in [1.29, 1.82) is 0 Å². The van der Waals surface area contributed by atoms with Crippen molar-refractivity contribution >= 4 is 28.0 Å². The van der Waals surface area contributed by atoms with Gasteiger partial charge in [0, 0.05) is 25.7 Å². The fourth-order valence-corrected chi connectivity index (χ4v) is 4.81. The molecule has 0 spiro atoms. The van der Waals surface area contributed by atoms with Gasteiger partial charge in [0.1, 0.15) is 11.9 Å². The van der Waals surface area contributed by atoms with Crippen LogP contribution in [0.3, 0.4) is 0 Å². The molecule has 1 unspecified atom stereocenters. The fraction of sp³-hybridized carbons (Fsp3) is 0.259. The van der Waals surface area contributed by atoms with Crippen LogP contribution in [0.5, 0.6) is 0 Å². The van der Waals surface area contributed by atoms with Gasteiger partial charge in [-0.25, -0.2) is 9.97 Å². The SMILES string of the molecule is Cc1nn(C)c2nc(C3CC3)cc(C(=O)NC(c3ccccc3)c3nc4ccccc4n3C)c12. The standard InChI is InChI=1S/C27H26N6O/c1-16-23-19(15-21(17-13-14-17)29-25(23)33(3)31-16)27(34)30-24(18-9-5-4-6-10-18)26-28-20-11-7-8-12-22(20)32(26)2/h4-12,15,17,24H,13-14H2,1-3H3,(H,30,34). The first-order chi connectivity index (χ1) is 16.5. The number of pyridine rings is 1. The highest BCUT2D eigenvalue weighted by Gasteiger charge is 2.30. The van der Waals surface area contributed by atoms with E-state index in [1.54, 1.807) is 4.68 Å². The van der Waals surface area contributed by atoms with Gasteiger partial charge in [-0.15, -0.1) is 0 Å². The molecule has 7 heteroatoms. The summed E-state index contributed by atoms with van der Waals surface area (Å²) < 4.78 is 3.83. The molecule has 0 saturated heterocycles. The number of rotatable bonds is 5. The lowest BCUT2D eigenvalue weighted by Crippen LogP contribution is -2.31. The number of aryl methyl sites for hydroxylation is 3. The van der Waals surface area contributed by atoms with Crippen molar-refractivity contribution in [3.8, 4) is 0 Å². The molecule has 2 aromatic carbocycles. The van der Waals surface area contributed by atoms with E-state index in [1.165, 1.54) is 0 Å². The summed E-state index contributed by atoms with van der Waals surface area (Å²) in [4.78, 5) is 23.6. The van der Waals surface area contributed by atoms with E-state index >= 15 is 0 Å². The number of hydrogen-bond donors (Lipinski definition) is 1. The van der Waals surface area contributed by atoms with E-state index in [9.17, 15) is 4.79 Å². The van der Waals surface area contributed by atoms with E-state index in [1.807, 2.05) is 81.7 Å². The van der Waals surface area contributed by atoms with Crippen LogP contribution in [0.2, 0.25) is 0 Å². The zero-order chi connectivity index (χ0) is 23.4. The molecule has 3 aromatic heterocycles. The first-order valence-corrected chi connectivity index (χ1v) is 11.6. The molecule has 34 heavy (non-hydrogen) atoms. The summed E-state index contributed by atoms with van der Waals surface area (Å²) in [5, 5.41) is 8.65. The van der Waals surface area contributed by atoms with E-state index in [0.717, 1.165) is 57.7 Å². The van der Waals surface area contributed by atoms with E-state index in [2.05, 4.69) is 15.0 Å². The van der Waals surface area contributed by atoms with Crippen LogP contribution in [0.1, 0.15) is 57.9 Å². The Hall–Kier alpha value is -4.00. The average Bonchev–Trinajstić information content (AvgIpc) is 3.60. The summed E-state index contributed by atoms with van der Waals surface area (Å²) in [7, 11) is 3.88. The molecule has 1 amide bonds. The van der Waals surface area contributed by atoms with Crippen LogP contribution in [0.25, 0.3) is 22.1 Å². The minimum absolute atomic E-state index is 0.147. The van der Waals surface area contributed by atoms with Gasteiger partial charge in [0.15, 0.2) is 5.65 Å². The van der Waals surface area contributed by atoms with Crippen LogP contribution >= 0.6 is 0 Å². The molecule has 0 bridgehead atoms. The number of amides is 1. The summed E-state index contributed by atoms with van der Waals surface area (Å²) in [6, 6.07) is 19.6. The molecular formula is C27H26N6O. The third-order valence-corrected chi connectivity index (χ3v) is 6.72. The van der Waals surface area contributed by atoms with Gasteiger partial charge in [0.25, 0.3) is 5.91 Å². The number of hydrogen-bond acceptors (Lipinski definition) is 4. The maximum atomic E-state index is 13.9. The van der Waals surface area contributed by atoms with Crippen molar-refractivity contribution in [3.05, 3.63) is 89.0 Å². The van der Waals surface area contributed by atoms with Crippen molar-refractivity contribution in [2.75, 3.05) is 0 Å². The second kappa shape index (κ2) is 7.80. The highest BCUT2D eigenvalue weighted by Crippen LogP contribution is 2.40. The summed E-state index contributed by atoms with van der Waals surface area (Å²) in [5.74, 6) is 1.07. The Bertz CT molecular complexity index is 1540. The molecule has 7 nitrogen and oxygen atoms in total. The summed E-state index contributed by atoms with van der Waals surface area (Å²) >= 11 is 0. The predicted octanol–water partition coefficient (Wildman–Crippen LogP) is 4.56. The molecule has 170 valence electrons. The molecule has 1 aliphatic rings. The smallest absolute Gasteiger partial charge is 0.253 e. The van der Waals surface area contributed by atoms with Crippen molar-refractivity contribution < 1.29 is 4.79 Å². The number of carbonyl (C=O) groups excluding carboxylic acids is 1. The van der Waals surface area contributed by atoms with Crippen LogP contribution in [0.15, 0.2) is 60.7 Å². The number of nitrogens with one attached hydrogen (secondary N) is 1. The zero-order valence-corrected chi connectivity index (χ0v) is 19.5. The van der Waals surface area contributed by atoms with E-state index in [4.69, 9.17) is 9.97 Å². The minimum Gasteiger partial charge on any atom is -0.338 e. The highest BCUT2D eigenvalue weighted by molar-refractivity contribution is 6.07. The van der Waals surface area contributed by atoms with Crippen LogP contribution < -0.4 is 5.32 Å². The molecule has 5 aromatic rings. The fourth-order valence-electron chi connectivity index (χ4n) is 4.81. The van der Waals surface area contributed by atoms with Crippen molar-refractivity contribution in [1.82, 2.24) is 29.6 Å². The van der Waals surface area contributed by atoms with Crippen LogP contribution in [0.4, 0.5) is 0 Å². The maximum Gasteiger partial charge on any atom is 0.253 e. The zero-order valence-electron chi connectivity index (χ0n) is 19.5. The lowest BCUT2D eigenvalue weighted by atomic mass is 10.0. The summed E-state index contributed by atoms with van der Waals surface area (Å²) in [5.41, 5.74) is 6.06. The van der Waals surface area contributed by atoms with Gasteiger partial charge in [-0.05, 0) is 43.5 Å². The quantitative estimate of drug-likeness (QED) is 0.426. The number of aromatic nitrogens is 5. The van der Waals surface area contributed by atoms with Crippen LogP contribution in [0, 0.1) is 6.92 Å². The van der Waals surface area contributed by atoms with Crippen LogP contribution in [-0.2, 0) is 14.1 Å². The molecule has 3 heterocycles. The Morgan fingerprint density at radius 3 is 2.50 bits per heavy atom. The Morgan fingerprint density at radius 2 is 1.76 bits per heavy atom. The molecule has 6 rings (SSSR count). The number of fused-ring (bicyclic) bond motifs is 2. The lowest BCUT2D eigenvalue weighted by Gasteiger charge is -2.20. The van der Waals surface area contributed by atoms with Crippen molar-refractivity contribution in [3.63, 3.8) is 0 Å². The normalized spacial score (nSPS) is 14.6. The monoisotopic (exact) mass is 450 g/mol. The van der Waals surface area contributed by atoms with Crippen molar-refractivity contribution in [2.24, 2.45) is 14.1 Å². The Labute approximate surface area is 197 Å². The topological polar surface area (TPSA) is 77.6 Å². The second-order valence-electron chi connectivity index (χ2n) is 9.11. The first kappa shape index (κ1) is 20.6. The van der Waals surface area contributed by atoms with Gasteiger partial charge in [-0.1, -0.05) is 42.5 Å². The van der Waals surface area contributed by atoms with Gasteiger partial charge in [-0.3, -0.25) is 9.48 Å². The molecule has 0 radical (unpaired) electrons. The number of nitrogens with zero attached hydrogens (tertiary/aromatic N) is 5. The third-order valence-electron chi connectivity index (χ3n) is 6.72. The lowest BCUT2D eigenvalue weighted by molar-refractivity contribution is 0.0942. The summed E-state index contributed by atoms with van der Waals surface area (Å²) in [6.45, 7) is 1.93. The molecule has 0 aliphatic heterocycles. The molecular weight excluding hydrogens is 424 g/mol. The predicted molar refractivity (Wildman–Crippen MR) is 132 cm³/mol. The molecule has 1 saturated carbocycles. The number of carbonyl (C=O) groups is 1. The van der Waals surface area contributed by atoms with Gasteiger partial charge in [0.2, 0.25) is 0 Å². The largest absolute Gasteiger partial charge is 0.338 e. The number of benzene rings is 2. The Morgan fingerprint density at radius 1 is 1.03 bits per heavy atom. The molecule has 1 aliphatic carbocycles. The maximum absolute atomic E-state index is 13.9. The molecule has 1 atom stereocenters.